The van der Waals surface area contributed by atoms with Gasteiger partial charge in [0.05, 0.1) is 11.8 Å². The fourth-order valence-corrected chi connectivity index (χ4v) is 2.88. The summed E-state index contributed by atoms with van der Waals surface area (Å²) in [6.07, 6.45) is 2.26. The van der Waals surface area contributed by atoms with Crippen molar-refractivity contribution in [3.05, 3.63) is 33.4 Å². The second kappa shape index (κ2) is 5.58. The number of carbonyl (C=O) groups is 1. The lowest BCUT2D eigenvalue weighted by Crippen LogP contribution is -2.05. The van der Waals surface area contributed by atoms with Crippen LogP contribution in [0.3, 0.4) is 0 Å². The number of thioether (sulfide) groups is 1. The molecule has 5 nitrogen and oxygen atoms in total. The Morgan fingerprint density at radius 2 is 2.11 bits per heavy atom. The van der Waals surface area contributed by atoms with Gasteiger partial charge in [-0.15, -0.1) is 5.10 Å². The maximum absolute atomic E-state index is 12.0. The molecule has 0 saturated heterocycles. The third-order valence-corrected chi connectivity index (χ3v) is 4.51. The van der Waals surface area contributed by atoms with Gasteiger partial charge in [-0.3, -0.25) is 4.79 Å². The molecular weight excluding hydrogens is 375 g/mol. The lowest BCUT2D eigenvalue weighted by atomic mass is 10.2. The van der Waals surface area contributed by atoms with Crippen LogP contribution in [0.2, 0.25) is 0 Å². The minimum atomic E-state index is 0.103. The Labute approximate surface area is 128 Å². The van der Waals surface area contributed by atoms with E-state index in [1.54, 1.807) is 0 Å². The first-order chi connectivity index (χ1) is 9.24. The molecule has 1 aromatic carbocycles. The predicted molar refractivity (Wildman–Crippen MR) is 80.3 cm³/mol. The highest BCUT2D eigenvalue weighted by molar-refractivity contribution is 14.1. The maximum atomic E-state index is 12.0. The Balaban J connectivity index is 1.63. The fourth-order valence-electron chi connectivity index (χ4n) is 1.68. The summed E-state index contributed by atoms with van der Waals surface area (Å²) >= 11 is 3.63. The first-order valence-electron chi connectivity index (χ1n) is 5.93. The molecule has 1 fully saturated rings. The molecule has 0 radical (unpaired) electrons. The fraction of sp³-hybridized carbons (Fsp3) is 0.333. The maximum Gasteiger partial charge on any atom is 0.210 e. The van der Waals surface area contributed by atoms with E-state index >= 15 is 0 Å². The third-order valence-electron chi connectivity index (χ3n) is 2.85. The predicted octanol–water partition coefficient (Wildman–Crippen LogP) is 2.59. The Hall–Kier alpha value is -0.960. The van der Waals surface area contributed by atoms with Crippen molar-refractivity contribution in [1.29, 1.82) is 0 Å². The van der Waals surface area contributed by atoms with E-state index in [-0.39, 0.29) is 5.78 Å². The minimum Gasteiger partial charge on any atom is -0.293 e. The van der Waals surface area contributed by atoms with Gasteiger partial charge in [0.15, 0.2) is 5.78 Å². The van der Waals surface area contributed by atoms with Crippen molar-refractivity contribution in [3.8, 4) is 0 Å². The lowest BCUT2D eigenvalue weighted by Gasteiger charge is -2.02. The van der Waals surface area contributed by atoms with E-state index in [0.717, 1.165) is 27.1 Å². The first kappa shape index (κ1) is 13.0. The summed E-state index contributed by atoms with van der Waals surface area (Å²) < 4.78 is 2.95. The zero-order chi connectivity index (χ0) is 13.2. The third kappa shape index (κ3) is 3.14. The number of benzene rings is 1. The average molecular weight is 386 g/mol. The molecule has 1 heterocycles. The average Bonchev–Trinajstić information content (AvgIpc) is 3.16. The molecular formula is C12H11IN4OS. The number of nitrogens with zero attached hydrogens (tertiary/aromatic N) is 4. The number of ketones is 1. The van der Waals surface area contributed by atoms with E-state index in [9.17, 15) is 4.79 Å². The molecule has 1 aliphatic rings. The van der Waals surface area contributed by atoms with E-state index in [0.29, 0.717) is 11.8 Å². The van der Waals surface area contributed by atoms with Crippen LogP contribution in [0.1, 0.15) is 29.2 Å². The van der Waals surface area contributed by atoms with E-state index in [1.807, 2.05) is 28.9 Å². The van der Waals surface area contributed by atoms with Crippen molar-refractivity contribution in [1.82, 2.24) is 20.2 Å². The number of carbonyl (C=O) groups excluding carboxylic acids is 1. The molecule has 0 atom stereocenters. The van der Waals surface area contributed by atoms with Gasteiger partial charge in [0, 0.05) is 9.13 Å². The van der Waals surface area contributed by atoms with Crippen molar-refractivity contribution in [2.75, 3.05) is 5.75 Å². The van der Waals surface area contributed by atoms with E-state index < -0.39 is 0 Å². The Morgan fingerprint density at radius 3 is 2.79 bits per heavy atom. The summed E-state index contributed by atoms with van der Waals surface area (Å²) in [7, 11) is 0. The van der Waals surface area contributed by atoms with Crippen LogP contribution >= 0.6 is 34.4 Å². The van der Waals surface area contributed by atoms with Crippen LogP contribution in [0.15, 0.2) is 29.4 Å². The van der Waals surface area contributed by atoms with Gasteiger partial charge in [0.2, 0.25) is 5.16 Å². The van der Waals surface area contributed by atoms with Crippen molar-refractivity contribution in [2.45, 2.75) is 24.0 Å². The molecule has 0 aliphatic heterocycles. The van der Waals surface area contributed by atoms with Crippen molar-refractivity contribution in [2.24, 2.45) is 0 Å². The topological polar surface area (TPSA) is 60.7 Å². The Bertz CT molecular complexity index is 594. The molecule has 0 bridgehead atoms. The number of halogens is 1. The molecule has 2 aromatic rings. The smallest absolute Gasteiger partial charge is 0.210 e. The molecule has 98 valence electrons. The Kier molecular flexibility index (Phi) is 3.83. The van der Waals surface area contributed by atoms with Gasteiger partial charge in [-0.05, 0) is 58.0 Å². The quantitative estimate of drug-likeness (QED) is 0.449. The number of aromatic nitrogens is 4. The van der Waals surface area contributed by atoms with Crippen molar-refractivity contribution < 1.29 is 4.79 Å². The van der Waals surface area contributed by atoms with E-state index in [2.05, 4.69) is 38.1 Å². The summed E-state index contributed by atoms with van der Waals surface area (Å²) in [5, 5.41) is 12.3. The van der Waals surface area contributed by atoms with E-state index in [4.69, 9.17) is 0 Å². The molecule has 1 aliphatic carbocycles. The van der Waals surface area contributed by atoms with Gasteiger partial charge in [-0.25, -0.2) is 4.68 Å². The van der Waals surface area contributed by atoms with E-state index in [1.165, 1.54) is 11.8 Å². The number of tetrazole rings is 1. The highest BCUT2D eigenvalue weighted by atomic mass is 127. The van der Waals surface area contributed by atoms with Crippen LogP contribution in [-0.4, -0.2) is 31.7 Å². The highest BCUT2D eigenvalue weighted by Gasteiger charge is 2.28. The number of hydrogen-bond acceptors (Lipinski definition) is 5. The molecule has 19 heavy (non-hydrogen) atoms. The largest absolute Gasteiger partial charge is 0.293 e. The second-order valence-corrected chi connectivity index (χ2v) is 6.54. The molecule has 7 heteroatoms. The van der Waals surface area contributed by atoms with Gasteiger partial charge in [0.25, 0.3) is 0 Å². The van der Waals surface area contributed by atoms with Crippen LogP contribution in [0.5, 0.6) is 0 Å². The molecule has 0 N–H and O–H groups in total. The van der Waals surface area contributed by atoms with Gasteiger partial charge < -0.3 is 0 Å². The summed E-state index contributed by atoms with van der Waals surface area (Å²) in [6.45, 7) is 0. The molecule has 0 unspecified atom stereocenters. The second-order valence-electron chi connectivity index (χ2n) is 4.36. The van der Waals surface area contributed by atoms with Gasteiger partial charge in [0.1, 0.15) is 0 Å². The lowest BCUT2D eigenvalue weighted by molar-refractivity contribution is 0.102. The molecule has 0 spiro atoms. The number of hydrogen-bond donors (Lipinski definition) is 0. The number of rotatable bonds is 5. The van der Waals surface area contributed by atoms with Gasteiger partial charge in [-0.2, -0.15) is 0 Å². The molecule has 1 aromatic heterocycles. The van der Waals surface area contributed by atoms with Crippen LogP contribution in [-0.2, 0) is 0 Å². The normalized spacial score (nSPS) is 14.6. The summed E-state index contributed by atoms with van der Waals surface area (Å²) in [5.41, 5.74) is 0.735. The minimum absolute atomic E-state index is 0.103. The number of Topliss-reactive ketones (excluding diaryl/α,β-unsaturated/α-hetero) is 1. The molecule has 3 rings (SSSR count). The van der Waals surface area contributed by atoms with Crippen LogP contribution < -0.4 is 0 Å². The molecule has 0 amide bonds. The standard InChI is InChI=1S/C12H11IN4OS/c13-9-3-1-8(2-4-9)11(18)7-19-12-14-15-16-17(12)10-5-6-10/h1-4,10H,5-7H2. The zero-order valence-electron chi connectivity index (χ0n) is 9.99. The van der Waals surface area contributed by atoms with Gasteiger partial charge >= 0.3 is 0 Å². The van der Waals surface area contributed by atoms with Crippen molar-refractivity contribution >= 4 is 40.1 Å². The summed E-state index contributed by atoms with van der Waals surface area (Å²) in [5.74, 6) is 0.472. The van der Waals surface area contributed by atoms with Gasteiger partial charge in [-0.1, -0.05) is 23.9 Å². The molecule has 1 saturated carbocycles. The van der Waals surface area contributed by atoms with Crippen LogP contribution in [0.4, 0.5) is 0 Å². The van der Waals surface area contributed by atoms with Crippen LogP contribution in [0, 0.1) is 3.57 Å². The van der Waals surface area contributed by atoms with Crippen molar-refractivity contribution in [3.63, 3.8) is 0 Å². The zero-order valence-corrected chi connectivity index (χ0v) is 13.0. The SMILES string of the molecule is O=C(CSc1nnnn1C1CC1)c1ccc(I)cc1. The summed E-state index contributed by atoms with van der Waals surface area (Å²) in [4.78, 5) is 12.0. The van der Waals surface area contributed by atoms with Crippen LogP contribution in [0.25, 0.3) is 0 Å². The monoisotopic (exact) mass is 386 g/mol. The summed E-state index contributed by atoms with van der Waals surface area (Å²) in [6, 6.07) is 8.02. The highest BCUT2D eigenvalue weighted by Crippen LogP contribution is 2.36. The Morgan fingerprint density at radius 1 is 1.37 bits per heavy atom. The first-order valence-corrected chi connectivity index (χ1v) is 8.00.